The van der Waals surface area contributed by atoms with E-state index in [1.165, 1.54) is 0 Å². The number of halogens is 3. The third kappa shape index (κ3) is 7.29. The Morgan fingerprint density at radius 2 is 1.77 bits per heavy atom. The monoisotopic (exact) mass is 490 g/mol. The van der Waals surface area contributed by atoms with Gasteiger partial charge < -0.3 is 20.3 Å². The maximum absolute atomic E-state index is 12.7. The van der Waals surface area contributed by atoms with E-state index in [1.54, 1.807) is 48.5 Å². The van der Waals surface area contributed by atoms with Crippen molar-refractivity contribution >= 4 is 17.6 Å². The van der Waals surface area contributed by atoms with Crippen LogP contribution in [0.1, 0.15) is 60.5 Å². The van der Waals surface area contributed by atoms with Crippen molar-refractivity contribution in [3.8, 4) is 11.4 Å². The van der Waals surface area contributed by atoms with Gasteiger partial charge in [-0.25, -0.2) is 0 Å². The SMILES string of the molecule is CCCC[C@@H](Nc1ccc(C(=O)NCCC(=O)O)cc1)c1ccc(-c2noc(C(F)(F)F)n2)cc1. The number of hydrogen-bond acceptors (Lipinski definition) is 6. The van der Waals surface area contributed by atoms with Crippen molar-refractivity contribution in [3.63, 3.8) is 0 Å². The fraction of sp³-hybridized carbons (Fsp3) is 0.333. The first kappa shape index (κ1) is 25.7. The molecule has 1 aromatic heterocycles. The summed E-state index contributed by atoms with van der Waals surface area (Å²) in [7, 11) is 0. The number of nitrogens with zero attached hydrogens (tertiary/aromatic N) is 2. The number of unbranched alkanes of at least 4 members (excludes halogenated alkanes) is 1. The fourth-order valence-electron chi connectivity index (χ4n) is 3.35. The van der Waals surface area contributed by atoms with Crippen LogP contribution in [-0.2, 0) is 11.0 Å². The zero-order valence-electron chi connectivity index (χ0n) is 18.9. The number of hydrogen-bond donors (Lipinski definition) is 3. The predicted molar refractivity (Wildman–Crippen MR) is 122 cm³/mol. The highest BCUT2D eigenvalue weighted by atomic mass is 19.4. The Balaban J connectivity index is 1.69. The summed E-state index contributed by atoms with van der Waals surface area (Å²) >= 11 is 0. The topological polar surface area (TPSA) is 117 Å². The number of alkyl halides is 3. The van der Waals surface area contributed by atoms with Crippen LogP contribution < -0.4 is 10.6 Å². The molecule has 2 aromatic carbocycles. The molecule has 186 valence electrons. The number of aliphatic carboxylic acids is 1. The fourth-order valence-corrected chi connectivity index (χ4v) is 3.35. The quantitative estimate of drug-likeness (QED) is 0.334. The summed E-state index contributed by atoms with van der Waals surface area (Å²) in [5.74, 6) is -2.87. The minimum atomic E-state index is -4.70. The molecule has 0 aliphatic heterocycles. The highest BCUT2D eigenvalue weighted by molar-refractivity contribution is 5.94. The molecule has 0 aliphatic rings. The molecule has 35 heavy (non-hydrogen) atoms. The normalized spacial score (nSPS) is 12.2. The van der Waals surface area contributed by atoms with Gasteiger partial charge in [0.2, 0.25) is 5.82 Å². The van der Waals surface area contributed by atoms with Crippen LogP contribution in [0.25, 0.3) is 11.4 Å². The van der Waals surface area contributed by atoms with Gasteiger partial charge in [0.15, 0.2) is 0 Å². The Hall–Kier alpha value is -3.89. The molecule has 0 saturated heterocycles. The molecular formula is C24H25F3N4O4. The minimum Gasteiger partial charge on any atom is -0.481 e. The lowest BCUT2D eigenvalue weighted by Crippen LogP contribution is -2.25. The van der Waals surface area contributed by atoms with Gasteiger partial charge in [0.1, 0.15) is 0 Å². The summed E-state index contributed by atoms with van der Waals surface area (Å²) in [6.07, 6.45) is -2.11. The van der Waals surface area contributed by atoms with Gasteiger partial charge in [-0.05, 0) is 36.2 Å². The van der Waals surface area contributed by atoms with Crippen LogP contribution in [0.3, 0.4) is 0 Å². The van der Waals surface area contributed by atoms with Crippen LogP contribution in [0.15, 0.2) is 53.1 Å². The van der Waals surface area contributed by atoms with Crippen LogP contribution in [0.4, 0.5) is 18.9 Å². The molecule has 0 radical (unpaired) electrons. The summed E-state index contributed by atoms with van der Waals surface area (Å²) < 4.78 is 42.5. The average molecular weight is 490 g/mol. The van der Waals surface area contributed by atoms with Crippen molar-refractivity contribution in [2.24, 2.45) is 0 Å². The molecule has 0 fully saturated rings. The second-order valence-electron chi connectivity index (χ2n) is 7.86. The maximum atomic E-state index is 12.7. The summed E-state index contributed by atoms with van der Waals surface area (Å²) in [5.41, 5.74) is 2.52. The predicted octanol–water partition coefficient (Wildman–Crippen LogP) is 5.30. The lowest BCUT2D eigenvalue weighted by Gasteiger charge is -2.21. The Morgan fingerprint density at radius 1 is 1.09 bits per heavy atom. The smallest absolute Gasteiger partial charge is 0.471 e. The Labute approximate surface area is 199 Å². The number of carboxylic acids is 1. The van der Waals surface area contributed by atoms with Crippen LogP contribution in [0.5, 0.6) is 0 Å². The van der Waals surface area contributed by atoms with E-state index in [-0.39, 0.29) is 30.7 Å². The van der Waals surface area contributed by atoms with E-state index < -0.39 is 18.0 Å². The lowest BCUT2D eigenvalue weighted by atomic mass is 9.99. The van der Waals surface area contributed by atoms with E-state index in [0.29, 0.717) is 11.1 Å². The summed E-state index contributed by atoms with van der Waals surface area (Å²) in [4.78, 5) is 26.1. The molecule has 0 spiro atoms. The van der Waals surface area contributed by atoms with Gasteiger partial charge in [-0.1, -0.05) is 49.2 Å². The summed E-state index contributed by atoms with van der Waals surface area (Å²) in [6, 6.07) is 13.6. The molecule has 1 heterocycles. The number of nitrogens with one attached hydrogen (secondary N) is 2. The molecule has 11 heteroatoms. The molecule has 1 amide bonds. The molecular weight excluding hydrogens is 465 g/mol. The molecule has 8 nitrogen and oxygen atoms in total. The van der Waals surface area contributed by atoms with Crippen molar-refractivity contribution in [3.05, 3.63) is 65.5 Å². The number of carbonyl (C=O) groups excluding carboxylic acids is 1. The Morgan fingerprint density at radius 3 is 2.34 bits per heavy atom. The van der Waals surface area contributed by atoms with Gasteiger partial charge in [-0.2, -0.15) is 18.2 Å². The first-order valence-corrected chi connectivity index (χ1v) is 11.0. The third-order valence-corrected chi connectivity index (χ3v) is 5.20. The molecule has 1 atom stereocenters. The number of carboxylic acid groups (broad SMARTS) is 1. The van der Waals surface area contributed by atoms with E-state index in [4.69, 9.17) is 5.11 Å². The molecule has 3 N–H and O–H groups in total. The zero-order chi connectivity index (χ0) is 25.4. The molecule has 3 rings (SSSR count). The first-order chi connectivity index (χ1) is 16.7. The van der Waals surface area contributed by atoms with E-state index in [1.807, 2.05) is 0 Å². The van der Waals surface area contributed by atoms with Crippen molar-refractivity contribution in [1.29, 1.82) is 0 Å². The molecule has 0 saturated carbocycles. The lowest BCUT2D eigenvalue weighted by molar-refractivity contribution is -0.159. The Kier molecular flexibility index (Phi) is 8.45. The third-order valence-electron chi connectivity index (χ3n) is 5.20. The summed E-state index contributed by atoms with van der Waals surface area (Å²) in [6.45, 7) is 2.12. The maximum Gasteiger partial charge on any atom is 0.471 e. The second-order valence-corrected chi connectivity index (χ2v) is 7.86. The number of aromatic nitrogens is 2. The second kappa shape index (κ2) is 11.5. The van der Waals surface area contributed by atoms with Crippen molar-refractivity contribution < 1.29 is 32.4 Å². The molecule has 0 unspecified atom stereocenters. The summed E-state index contributed by atoms with van der Waals surface area (Å²) in [5, 5.41) is 18.1. The van der Waals surface area contributed by atoms with E-state index >= 15 is 0 Å². The van der Waals surface area contributed by atoms with Crippen molar-refractivity contribution in [1.82, 2.24) is 15.5 Å². The molecule has 0 bridgehead atoms. The van der Waals surface area contributed by atoms with Gasteiger partial charge in [-0.3, -0.25) is 9.59 Å². The number of benzene rings is 2. The minimum absolute atomic E-state index is 0.0463. The standard InChI is InChI=1S/C24H25F3N4O4/c1-2-3-4-19(29-18-11-9-17(10-12-18)22(34)28-14-13-20(32)33)15-5-7-16(8-6-15)21-30-23(35-31-21)24(25,26)27/h5-12,19,29H,2-4,13-14H2,1H3,(H,28,34)(H,32,33)/t19-/m1/s1. The number of carbonyl (C=O) groups is 2. The van der Waals surface area contributed by atoms with E-state index in [9.17, 15) is 22.8 Å². The van der Waals surface area contributed by atoms with Crippen LogP contribution >= 0.6 is 0 Å². The number of anilines is 1. The van der Waals surface area contributed by atoms with E-state index in [2.05, 4.69) is 32.2 Å². The van der Waals surface area contributed by atoms with Crippen LogP contribution in [0, 0.1) is 0 Å². The van der Waals surface area contributed by atoms with Gasteiger partial charge in [-0.15, -0.1) is 0 Å². The zero-order valence-corrected chi connectivity index (χ0v) is 18.9. The van der Waals surface area contributed by atoms with Gasteiger partial charge >= 0.3 is 18.0 Å². The Bertz CT molecular complexity index is 1130. The number of amides is 1. The van der Waals surface area contributed by atoms with Crippen LogP contribution in [0.2, 0.25) is 0 Å². The first-order valence-electron chi connectivity index (χ1n) is 11.0. The average Bonchev–Trinajstić information content (AvgIpc) is 3.33. The van der Waals surface area contributed by atoms with Gasteiger partial charge in [0.25, 0.3) is 5.91 Å². The molecule has 3 aromatic rings. The molecule has 0 aliphatic carbocycles. The van der Waals surface area contributed by atoms with Crippen LogP contribution in [-0.4, -0.2) is 33.7 Å². The van der Waals surface area contributed by atoms with Gasteiger partial charge in [0, 0.05) is 23.4 Å². The largest absolute Gasteiger partial charge is 0.481 e. The van der Waals surface area contributed by atoms with Gasteiger partial charge in [0.05, 0.1) is 12.5 Å². The van der Waals surface area contributed by atoms with E-state index in [0.717, 1.165) is 30.5 Å². The van der Waals surface area contributed by atoms with Crippen molar-refractivity contribution in [2.45, 2.75) is 44.8 Å². The highest BCUT2D eigenvalue weighted by Gasteiger charge is 2.38. The van der Waals surface area contributed by atoms with Crippen molar-refractivity contribution in [2.75, 3.05) is 11.9 Å². The number of rotatable bonds is 11. The highest BCUT2D eigenvalue weighted by Crippen LogP contribution is 2.30.